The molecule has 2 heterocycles. The third kappa shape index (κ3) is 2.08. The highest BCUT2D eigenvalue weighted by Crippen LogP contribution is 2.40. The van der Waals surface area contributed by atoms with Gasteiger partial charge in [0.1, 0.15) is 5.71 Å². The lowest BCUT2D eigenvalue weighted by atomic mass is 9.84. The standard InChI is InChI=1S/C15H19ClN4O2/c1-4-9-10-11(15(2,3)20(9)14(16)22)18-19-12(10)17-13(21)8-6-5-7-8/h8H,4-7H2,1-3H3,(H,17,19,21). The van der Waals surface area contributed by atoms with Gasteiger partial charge < -0.3 is 5.32 Å². The molecule has 2 aliphatic heterocycles. The number of allylic oxidation sites excluding steroid dienone is 1. The van der Waals surface area contributed by atoms with Crippen molar-refractivity contribution >= 4 is 34.4 Å². The van der Waals surface area contributed by atoms with E-state index in [4.69, 9.17) is 11.6 Å². The van der Waals surface area contributed by atoms with Crippen molar-refractivity contribution in [2.75, 3.05) is 0 Å². The molecule has 1 aliphatic carbocycles. The van der Waals surface area contributed by atoms with Crippen molar-refractivity contribution in [3.63, 3.8) is 0 Å². The molecule has 1 saturated carbocycles. The lowest BCUT2D eigenvalue weighted by Gasteiger charge is -2.31. The summed E-state index contributed by atoms with van der Waals surface area (Å²) >= 11 is 5.76. The zero-order chi connectivity index (χ0) is 16.1. The van der Waals surface area contributed by atoms with Gasteiger partial charge in [-0.15, -0.1) is 5.10 Å². The predicted molar refractivity (Wildman–Crippen MR) is 84.8 cm³/mol. The van der Waals surface area contributed by atoms with Gasteiger partial charge in [0.25, 0.3) is 0 Å². The number of carbonyl (C=O) groups is 2. The van der Waals surface area contributed by atoms with Gasteiger partial charge in [-0.2, -0.15) is 5.10 Å². The van der Waals surface area contributed by atoms with Crippen LogP contribution >= 0.6 is 11.6 Å². The Morgan fingerprint density at radius 1 is 1.36 bits per heavy atom. The highest BCUT2D eigenvalue weighted by molar-refractivity contribution is 6.63. The number of amides is 2. The molecule has 0 bridgehead atoms. The van der Waals surface area contributed by atoms with Crippen LogP contribution in [0, 0.1) is 5.92 Å². The SMILES string of the molecule is CCC1=C2C(NC(=O)C3CCC3)=NN=C2C(C)(C)N1C(=O)Cl. The molecule has 0 radical (unpaired) electrons. The van der Waals surface area contributed by atoms with Crippen LogP contribution < -0.4 is 5.32 Å². The summed E-state index contributed by atoms with van der Waals surface area (Å²) in [4.78, 5) is 25.5. The molecule has 0 aromatic rings. The first-order valence-corrected chi connectivity index (χ1v) is 7.96. The van der Waals surface area contributed by atoms with E-state index in [-0.39, 0.29) is 11.8 Å². The second kappa shape index (κ2) is 5.19. The fourth-order valence-corrected chi connectivity index (χ4v) is 3.52. The molecule has 1 N–H and O–H groups in total. The van der Waals surface area contributed by atoms with E-state index in [1.165, 1.54) is 4.90 Å². The minimum absolute atomic E-state index is 0.0159. The molecular weight excluding hydrogens is 304 g/mol. The number of nitrogens with one attached hydrogen (secondary N) is 1. The summed E-state index contributed by atoms with van der Waals surface area (Å²) in [6, 6.07) is 0. The fraction of sp³-hybridized carbons (Fsp3) is 0.600. The molecule has 0 spiro atoms. The summed E-state index contributed by atoms with van der Waals surface area (Å²) in [6.07, 6.45) is 3.54. The average Bonchev–Trinajstić information content (AvgIpc) is 2.85. The molecule has 0 atom stereocenters. The van der Waals surface area contributed by atoms with Gasteiger partial charge in [-0.1, -0.05) is 13.3 Å². The van der Waals surface area contributed by atoms with Crippen LogP contribution in [0.4, 0.5) is 4.79 Å². The van der Waals surface area contributed by atoms with Gasteiger partial charge in [0.2, 0.25) is 5.91 Å². The lowest BCUT2D eigenvalue weighted by molar-refractivity contribution is -0.125. The minimum Gasteiger partial charge on any atom is -0.308 e. The van der Waals surface area contributed by atoms with Crippen LogP contribution in [-0.2, 0) is 4.79 Å². The Kier molecular flexibility index (Phi) is 3.59. The first-order chi connectivity index (χ1) is 10.4. The molecule has 22 heavy (non-hydrogen) atoms. The van der Waals surface area contributed by atoms with E-state index in [2.05, 4.69) is 15.5 Å². The molecule has 0 aromatic carbocycles. The number of fused-ring (bicyclic) bond motifs is 1. The van der Waals surface area contributed by atoms with Gasteiger partial charge in [-0.05, 0) is 44.7 Å². The van der Waals surface area contributed by atoms with Crippen molar-refractivity contribution < 1.29 is 9.59 Å². The van der Waals surface area contributed by atoms with Crippen LogP contribution in [0.5, 0.6) is 0 Å². The molecule has 118 valence electrons. The van der Waals surface area contributed by atoms with Gasteiger partial charge in [0.05, 0.1) is 11.1 Å². The van der Waals surface area contributed by atoms with Crippen LogP contribution in [0.2, 0.25) is 0 Å². The summed E-state index contributed by atoms with van der Waals surface area (Å²) < 4.78 is 0. The van der Waals surface area contributed by atoms with Crippen molar-refractivity contribution in [3.05, 3.63) is 11.3 Å². The lowest BCUT2D eigenvalue weighted by Crippen LogP contribution is -2.45. The van der Waals surface area contributed by atoms with E-state index in [0.717, 1.165) is 30.5 Å². The Bertz CT molecular complexity index is 644. The zero-order valence-corrected chi connectivity index (χ0v) is 13.7. The number of amidine groups is 1. The van der Waals surface area contributed by atoms with Crippen molar-refractivity contribution in [1.82, 2.24) is 10.2 Å². The van der Waals surface area contributed by atoms with Gasteiger partial charge in [-0.3, -0.25) is 14.5 Å². The second-order valence-electron chi connectivity index (χ2n) is 6.34. The van der Waals surface area contributed by atoms with E-state index < -0.39 is 10.9 Å². The Morgan fingerprint density at radius 2 is 2.05 bits per heavy atom. The largest absolute Gasteiger partial charge is 0.321 e. The molecule has 0 saturated heterocycles. The van der Waals surface area contributed by atoms with Crippen LogP contribution in [0.15, 0.2) is 21.5 Å². The van der Waals surface area contributed by atoms with Crippen molar-refractivity contribution in [2.45, 2.75) is 52.0 Å². The van der Waals surface area contributed by atoms with Gasteiger partial charge >= 0.3 is 5.37 Å². The summed E-state index contributed by atoms with van der Waals surface area (Å²) in [5.74, 6) is 0.493. The van der Waals surface area contributed by atoms with E-state index in [9.17, 15) is 9.59 Å². The van der Waals surface area contributed by atoms with Crippen LogP contribution in [-0.4, -0.2) is 33.3 Å². The average molecular weight is 323 g/mol. The van der Waals surface area contributed by atoms with Gasteiger partial charge in [0, 0.05) is 11.6 Å². The van der Waals surface area contributed by atoms with Crippen molar-refractivity contribution in [1.29, 1.82) is 0 Å². The topological polar surface area (TPSA) is 74.1 Å². The quantitative estimate of drug-likeness (QED) is 0.627. The Balaban J connectivity index is 1.92. The molecule has 0 unspecified atom stereocenters. The molecule has 1 fully saturated rings. The Morgan fingerprint density at radius 3 is 2.55 bits per heavy atom. The number of rotatable bonds is 2. The molecule has 3 rings (SSSR count). The Labute approximate surface area is 134 Å². The Hall–Kier alpha value is -1.69. The van der Waals surface area contributed by atoms with Gasteiger partial charge in [-0.25, -0.2) is 0 Å². The first kappa shape index (κ1) is 15.2. The molecule has 2 amide bonds. The molecule has 6 nitrogen and oxygen atoms in total. The van der Waals surface area contributed by atoms with Crippen LogP contribution in [0.1, 0.15) is 46.5 Å². The summed E-state index contributed by atoms with van der Waals surface area (Å²) in [5.41, 5.74) is 1.52. The second-order valence-corrected chi connectivity index (χ2v) is 6.66. The van der Waals surface area contributed by atoms with E-state index in [1.54, 1.807) is 0 Å². The van der Waals surface area contributed by atoms with E-state index in [1.807, 2.05) is 20.8 Å². The number of carbonyl (C=O) groups excluding carboxylic acids is 2. The maximum absolute atomic E-state index is 12.2. The number of hydrogen-bond acceptors (Lipinski definition) is 4. The van der Waals surface area contributed by atoms with Gasteiger partial charge in [0.15, 0.2) is 5.84 Å². The summed E-state index contributed by atoms with van der Waals surface area (Å²) in [5, 5.41) is 10.6. The third-order valence-corrected chi connectivity index (χ3v) is 4.82. The number of hydrogen-bond donors (Lipinski definition) is 1. The maximum atomic E-state index is 12.2. The van der Waals surface area contributed by atoms with E-state index in [0.29, 0.717) is 18.0 Å². The van der Waals surface area contributed by atoms with Crippen LogP contribution in [0.3, 0.4) is 0 Å². The fourth-order valence-electron chi connectivity index (χ4n) is 3.21. The number of halogens is 1. The van der Waals surface area contributed by atoms with Crippen LogP contribution in [0.25, 0.3) is 0 Å². The highest BCUT2D eigenvalue weighted by Gasteiger charge is 2.49. The molecule has 7 heteroatoms. The third-order valence-electron chi connectivity index (χ3n) is 4.65. The molecular formula is C15H19ClN4O2. The monoisotopic (exact) mass is 322 g/mol. The molecule has 0 aromatic heterocycles. The zero-order valence-electron chi connectivity index (χ0n) is 12.9. The predicted octanol–water partition coefficient (Wildman–Crippen LogP) is 2.79. The first-order valence-electron chi connectivity index (χ1n) is 7.58. The van der Waals surface area contributed by atoms with E-state index >= 15 is 0 Å². The maximum Gasteiger partial charge on any atom is 0.321 e. The summed E-state index contributed by atoms with van der Waals surface area (Å²) in [6.45, 7) is 5.69. The normalized spacial score (nSPS) is 23.0. The van der Waals surface area contributed by atoms with Crippen molar-refractivity contribution in [3.8, 4) is 0 Å². The highest BCUT2D eigenvalue weighted by atomic mass is 35.5. The number of nitrogens with zero attached hydrogens (tertiary/aromatic N) is 3. The summed E-state index contributed by atoms with van der Waals surface area (Å²) in [7, 11) is 0. The van der Waals surface area contributed by atoms with Crippen molar-refractivity contribution in [2.24, 2.45) is 16.1 Å². The minimum atomic E-state index is -0.661. The smallest absolute Gasteiger partial charge is 0.308 e. The molecule has 3 aliphatic rings.